The maximum Gasteiger partial charge on any atom is 0.224 e. The monoisotopic (exact) mass is 284 g/mol. The quantitative estimate of drug-likeness (QED) is 0.939. The van der Waals surface area contributed by atoms with E-state index < -0.39 is 0 Å². The highest BCUT2D eigenvalue weighted by Gasteiger charge is 2.17. The number of para-hydroxylation sites is 1. The van der Waals surface area contributed by atoms with Crippen molar-refractivity contribution in [2.24, 2.45) is 0 Å². The van der Waals surface area contributed by atoms with E-state index in [2.05, 4.69) is 26.3 Å². The van der Waals surface area contributed by atoms with E-state index in [-0.39, 0.29) is 0 Å². The number of ether oxygens (including phenoxy) is 1. The van der Waals surface area contributed by atoms with Crippen molar-refractivity contribution in [3.63, 3.8) is 0 Å². The van der Waals surface area contributed by atoms with Crippen LogP contribution in [0.15, 0.2) is 30.3 Å². The van der Waals surface area contributed by atoms with Crippen LogP contribution < -0.4 is 15.0 Å². The molecule has 0 amide bonds. The topological polar surface area (TPSA) is 50.3 Å². The van der Waals surface area contributed by atoms with Gasteiger partial charge in [0, 0.05) is 30.4 Å². The number of hydrogen-bond acceptors (Lipinski definition) is 5. The Balaban J connectivity index is 1.90. The summed E-state index contributed by atoms with van der Waals surface area (Å²) in [6.45, 7) is 7.13. The first-order chi connectivity index (χ1) is 10.3. The number of rotatable bonds is 3. The predicted molar refractivity (Wildman–Crippen MR) is 83.9 cm³/mol. The van der Waals surface area contributed by atoms with E-state index in [1.807, 2.05) is 38.1 Å². The molecule has 1 aliphatic heterocycles. The van der Waals surface area contributed by atoms with Crippen LogP contribution in [0.5, 0.6) is 5.75 Å². The molecule has 0 saturated carbocycles. The summed E-state index contributed by atoms with van der Waals surface area (Å²) in [5.74, 6) is 2.60. The van der Waals surface area contributed by atoms with Crippen LogP contribution in [0.25, 0.3) is 0 Å². The number of nitrogens with zero attached hydrogens (tertiary/aromatic N) is 3. The summed E-state index contributed by atoms with van der Waals surface area (Å²) in [6, 6.07) is 10.2. The fourth-order valence-corrected chi connectivity index (χ4v) is 2.47. The first-order valence-corrected chi connectivity index (χ1v) is 7.31. The highest BCUT2D eigenvalue weighted by molar-refractivity contribution is 5.47. The van der Waals surface area contributed by atoms with Gasteiger partial charge >= 0.3 is 0 Å². The summed E-state index contributed by atoms with van der Waals surface area (Å²) in [4.78, 5) is 11.3. The van der Waals surface area contributed by atoms with Gasteiger partial charge in [-0.3, -0.25) is 0 Å². The van der Waals surface area contributed by atoms with Crippen LogP contribution in [0.3, 0.4) is 0 Å². The summed E-state index contributed by atoms with van der Waals surface area (Å²) in [5.41, 5.74) is 2.16. The number of fused-ring (bicyclic) bond motifs is 1. The molecule has 0 radical (unpaired) electrons. The number of benzene rings is 1. The van der Waals surface area contributed by atoms with Crippen molar-refractivity contribution in [2.45, 2.75) is 20.4 Å². The third-order valence-corrected chi connectivity index (χ3v) is 3.45. The zero-order valence-corrected chi connectivity index (χ0v) is 12.5. The Hall–Kier alpha value is -2.30. The lowest BCUT2D eigenvalue weighted by molar-refractivity contribution is 0.331. The fourth-order valence-electron chi connectivity index (χ4n) is 2.47. The second-order valence-electron chi connectivity index (χ2n) is 5.10. The van der Waals surface area contributed by atoms with Crippen molar-refractivity contribution in [2.75, 3.05) is 29.9 Å². The first kappa shape index (κ1) is 13.7. The minimum atomic E-state index is 0.663. The van der Waals surface area contributed by atoms with Crippen molar-refractivity contribution in [1.29, 1.82) is 0 Å². The maximum atomic E-state index is 5.81. The summed E-state index contributed by atoms with van der Waals surface area (Å²) >= 11 is 0. The van der Waals surface area contributed by atoms with Crippen LogP contribution in [0.2, 0.25) is 0 Å². The van der Waals surface area contributed by atoms with E-state index in [0.29, 0.717) is 12.6 Å². The van der Waals surface area contributed by atoms with Crippen molar-refractivity contribution in [3.05, 3.63) is 41.6 Å². The Morgan fingerprint density at radius 1 is 1.29 bits per heavy atom. The Bertz CT molecular complexity index is 629. The van der Waals surface area contributed by atoms with E-state index in [4.69, 9.17) is 4.74 Å². The van der Waals surface area contributed by atoms with Gasteiger partial charge in [-0.05, 0) is 19.9 Å². The van der Waals surface area contributed by atoms with Crippen LogP contribution in [-0.2, 0) is 6.54 Å². The molecule has 0 saturated heterocycles. The number of hydrogen-bond donors (Lipinski definition) is 1. The molecule has 2 aromatic rings. The summed E-state index contributed by atoms with van der Waals surface area (Å²) in [6.07, 6.45) is 0. The largest absolute Gasteiger partial charge is 0.491 e. The average Bonchev–Trinajstić information content (AvgIpc) is 2.69. The molecule has 0 atom stereocenters. The van der Waals surface area contributed by atoms with Gasteiger partial charge in [0.25, 0.3) is 0 Å². The van der Waals surface area contributed by atoms with E-state index in [1.54, 1.807) is 0 Å². The molecule has 1 aliphatic rings. The molecule has 3 rings (SSSR count). The van der Waals surface area contributed by atoms with E-state index in [1.165, 1.54) is 5.56 Å². The van der Waals surface area contributed by atoms with Crippen molar-refractivity contribution >= 4 is 11.8 Å². The molecule has 0 fully saturated rings. The van der Waals surface area contributed by atoms with Gasteiger partial charge < -0.3 is 15.0 Å². The Morgan fingerprint density at radius 3 is 3.00 bits per heavy atom. The van der Waals surface area contributed by atoms with Crippen LogP contribution in [-0.4, -0.2) is 29.7 Å². The summed E-state index contributed by atoms with van der Waals surface area (Å²) in [7, 11) is 0. The number of aryl methyl sites for hydroxylation is 1. The molecule has 110 valence electrons. The Labute approximate surface area is 125 Å². The number of anilines is 2. The zero-order chi connectivity index (χ0) is 14.7. The minimum Gasteiger partial charge on any atom is -0.491 e. The lowest BCUT2D eigenvalue weighted by atomic mass is 10.2. The molecule has 1 aromatic heterocycles. The highest BCUT2D eigenvalue weighted by Crippen LogP contribution is 2.25. The van der Waals surface area contributed by atoms with Gasteiger partial charge in [-0.1, -0.05) is 18.2 Å². The van der Waals surface area contributed by atoms with Gasteiger partial charge in [-0.25, -0.2) is 4.98 Å². The lowest BCUT2D eigenvalue weighted by Gasteiger charge is -2.21. The molecule has 2 heterocycles. The van der Waals surface area contributed by atoms with Crippen molar-refractivity contribution in [1.82, 2.24) is 9.97 Å². The van der Waals surface area contributed by atoms with Gasteiger partial charge in [0.15, 0.2) is 0 Å². The molecular weight excluding hydrogens is 264 g/mol. The van der Waals surface area contributed by atoms with Gasteiger partial charge in [-0.2, -0.15) is 4.98 Å². The zero-order valence-electron chi connectivity index (χ0n) is 12.5. The SMILES string of the molecule is CCNc1nc(C)cc(N2CCOc3ccccc3C2)n1. The summed E-state index contributed by atoms with van der Waals surface area (Å²) < 4.78 is 5.81. The Morgan fingerprint density at radius 2 is 2.14 bits per heavy atom. The number of nitrogens with one attached hydrogen (secondary N) is 1. The Kier molecular flexibility index (Phi) is 3.90. The third-order valence-electron chi connectivity index (χ3n) is 3.45. The minimum absolute atomic E-state index is 0.663. The molecule has 1 aromatic carbocycles. The predicted octanol–water partition coefficient (Wildman–Crippen LogP) is 2.62. The second-order valence-corrected chi connectivity index (χ2v) is 5.10. The van der Waals surface area contributed by atoms with Gasteiger partial charge in [0.1, 0.15) is 18.2 Å². The van der Waals surface area contributed by atoms with Gasteiger partial charge in [-0.15, -0.1) is 0 Å². The fraction of sp³-hybridized carbons (Fsp3) is 0.375. The molecule has 0 aliphatic carbocycles. The number of aromatic nitrogens is 2. The molecule has 0 unspecified atom stereocenters. The lowest BCUT2D eigenvalue weighted by Crippen LogP contribution is -2.26. The van der Waals surface area contributed by atoms with E-state index in [9.17, 15) is 0 Å². The maximum absolute atomic E-state index is 5.81. The first-order valence-electron chi connectivity index (χ1n) is 7.31. The van der Waals surface area contributed by atoms with Crippen molar-refractivity contribution in [3.8, 4) is 5.75 Å². The average molecular weight is 284 g/mol. The molecule has 5 nitrogen and oxygen atoms in total. The molecular formula is C16H20N4O. The highest BCUT2D eigenvalue weighted by atomic mass is 16.5. The van der Waals surface area contributed by atoms with E-state index in [0.717, 1.165) is 36.9 Å². The van der Waals surface area contributed by atoms with Gasteiger partial charge in [0.2, 0.25) is 5.95 Å². The van der Waals surface area contributed by atoms with Gasteiger partial charge in [0.05, 0.1) is 6.54 Å². The van der Waals surface area contributed by atoms with Crippen LogP contribution in [0.4, 0.5) is 11.8 Å². The molecule has 21 heavy (non-hydrogen) atoms. The third kappa shape index (κ3) is 3.07. The molecule has 1 N–H and O–H groups in total. The smallest absolute Gasteiger partial charge is 0.224 e. The second kappa shape index (κ2) is 5.99. The van der Waals surface area contributed by atoms with Crippen LogP contribution in [0.1, 0.15) is 18.2 Å². The van der Waals surface area contributed by atoms with Crippen molar-refractivity contribution < 1.29 is 4.74 Å². The molecule has 5 heteroatoms. The van der Waals surface area contributed by atoms with Crippen LogP contribution >= 0.6 is 0 Å². The molecule has 0 bridgehead atoms. The normalized spacial score (nSPS) is 14.1. The van der Waals surface area contributed by atoms with E-state index >= 15 is 0 Å². The summed E-state index contributed by atoms with van der Waals surface area (Å²) in [5, 5.41) is 3.18. The van der Waals surface area contributed by atoms with Crippen LogP contribution in [0, 0.1) is 6.92 Å². The molecule has 0 spiro atoms. The standard InChI is InChI=1S/C16H20N4O/c1-3-17-16-18-12(2)10-15(19-16)20-8-9-21-14-7-5-4-6-13(14)11-20/h4-7,10H,3,8-9,11H2,1-2H3,(H,17,18,19).